The van der Waals surface area contributed by atoms with Gasteiger partial charge in [-0.2, -0.15) is 0 Å². The van der Waals surface area contributed by atoms with Crippen LogP contribution in [0.5, 0.6) is 0 Å². The van der Waals surface area contributed by atoms with Crippen molar-refractivity contribution in [2.45, 2.75) is 13.5 Å². The van der Waals surface area contributed by atoms with Crippen LogP contribution in [-0.2, 0) is 6.54 Å². The fourth-order valence-corrected chi connectivity index (χ4v) is 4.19. The molecule has 1 amide bonds. The molecule has 1 aliphatic rings. The number of nitrogens with zero attached hydrogens (tertiary/aromatic N) is 5. The van der Waals surface area contributed by atoms with Gasteiger partial charge in [-0.05, 0) is 67.6 Å². The number of likely N-dealkylation sites (N-methyl/N-ethyl adjacent to an activating group) is 1. The van der Waals surface area contributed by atoms with Gasteiger partial charge in [0.05, 0.1) is 5.69 Å². The first-order chi connectivity index (χ1) is 18.5. The lowest BCUT2D eigenvalue weighted by Gasteiger charge is -2.32. The second kappa shape index (κ2) is 11.9. The lowest BCUT2D eigenvalue weighted by atomic mass is 10.1. The molecule has 1 aliphatic heterocycles. The third kappa shape index (κ3) is 6.57. The van der Waals surface area contributed by atoms with Crippen molar-refractivity contribution < 1.29 is 4.79 Å². The number of hydrazine groups is 1. The summed E-state index contributed by atoms with van der Waals surface area (Å²) in [4.78, 5) is 28.4. The van der Waals surface area contributed by atoms with Crippen LogP contribution in [-0.4, -0.2) is 64.0 Å². The minimum atomic E-state index is -0.159. The van der Waals surface area contributed by atoms with Crippen molar-refractivity contribution in [1.82, 2.24) is 30.3 Å². The Balaban J connectivity index is 1.20. The summed E-state index contributed by atoms with van der Waals surface area (Å²) in [6, 6.07) is 19.1. The van der Waals surface area contributed by atoms with Crippen LogP contribution >= 0.6 is 0 Å². The second-order valence-electron chi connectivity index (χ2n) is 9.44. The van der Waals surface area contributed by atoms with Gasteiger partial charge in [0.1, 0.15) is 0 Å². The Morgan fingerprint density at radius 2 is 1.79 bits per heavy atom. The highest BCUT2D eigenvalue weighted by atomic mass is 16.1. The van der Waals surface area contributed by atoms with Gasteiger partial charge in [0.25, 0.3) is 5.91 Å². The van der Waals surface area contributed by atoms with E-state index in [1.54, 1.807) is 18.6 Å². The first-order valence-electron chi connectivity index (χ1n) is 12.7. The summed E-state index contributed by atoms with van der Waals surface area (Å²) < 4.78 is 0. The van der Waals surface area contributed by atoms with Gasteiger partial charge in [0, 0.05) is 73.8 Å². The molecular weight excluding hydrogens is 476 g/mol. The molecule has 4 aromatic rings. The van der Waals surface area contributed by atoms with E-state index in [2.05, 4.69) is 48.0 Å². The molecule has 0 radical (unpaired) electrons. The minimum absolute atomic E-state index is 0.159. The molecule has 9 nitrogen and oxygen atoms in total. The average molecular weight is 509 g/mol. The Bertz CT molecular complexity index is 1370. The zero-order valence-corrected chi connectivity index (χ0v) is 21.7. The fraction of sp³-hybridized carbons (Fsp3) is 0.241. The molecule has 0 atom stereocenters. The van der Waals surface area contributed by atoms with Crippen molar-refractivity contribution in [3.63, 3.8) is 0 Å². The average Bonchev–Trinajstić information content (AvgIpc) is 2.95. The summed E-state index contributed by atoms with van der Waals surface area (Å²) in [5.74, 6) is 0.312. The van der Waals surface area contributed by atoms with E-state index in [1.165, 1.54) is 0 Å². The molecule has 0 saturated carbocycles. The Morgan fingerprint density at radius 3 is 2.55 bits per heavy atom. The number of carbonyl (C=O) groups is 1. The van der Waals surface area contributed by atoms with Gasteiger partial charge in [-0.15, -0.1) is 0 Å². The summed E-state index contributed by atoms with van der Waals surface area (Å²) in [6.45, 7) is 6.87. The van der Waals surface area contributed by atoms with Crippen LogP contribution in [0.25, 0.3) is 11.3 Å². The van der Waals surface area contributed by atoms with Gasteiger partial charge in [-0.3, -0.25) is 15.2 Å². The molecule has 194 valence electrons. The number of nitrogens with one attached hydrogen (secondary N) is 3. The first-order valence-corrected chi connectivity index (χ1v) is 12.7. The molecule has 5 rings (SSSR count). The van der Waals surface area contributed by atoms with Gasteiger partial charge in [-0.25, -0.2) is 15.0 Å². The summed E-state index contributed by atoms with van der Waals surface area (Å²) in [5.41, 5.74) is 9.42. The topological polar surface area (TPSA) is 98.3 Å². The van der Waals surface area contributed by atoms with E-state index in [9.17, 15) is 4.79 Å². The predicted molar refractivity (Wildman–Crippen MR) is 150 cm³/mol. The Hall–Kier alpha value is -4.18. The number of aromatic nitrogens is 3. The van der Waals surface area contributed by atoms with Gasteiger partial charge < -0.3 is 15.5 Å². The van der Waals surface area contributed by atoms with Crippen LogP contribution in [0.3, 0.4) is 0 Å². The lowest BCUT2D eigenvalue weighted by Crippen LogP contribution is -2.50. The third-order valence-electron chi connectivity index (χ3n) is 6.58. The van der Waals surface area contributed by atoms with E-state index < -0.39 is 0 Å². The van der Waals surface area contributed by atoms with Gasteiger partial charge >= 0.3 is 0 Å². The third-order valence-corrected chi connectivity index (χ3v) is 6.58. The maximum Gasteiger partial charge on any atom is 0.255 e. The number of hydrogen-bond acceptors (Lipinski definition) is 8. The van der Waals surface area contributed by atoms with Gasteiger partial charge in [0.15, 0.2) is 0 Å². The number of pyridine rings is 1. The number of benzene rings is 2. The summed E-state index contributed by atoms with van der Waals surface area (Å²) in [7, 11) is 2.15. The lowest BCUT2D eigenvalue weighted by molar-refractivity contribution is 0.102. The Kier molecular flexibility index (Phi) is 7.98. The first kappa shape index (κ1) is 25.5. The van der Waals surface area contributed by atoms with Gasteiger partial charge in [-0.1, -0.05) is 18.2 Å². The fourth-order valence-electron chi connectivity index (χ4n) is 4.19. The van der Waals surface area contributed by atoms with Crippen LogP contribution in [0.4, 0.5) is 17.3 Å². The van der Waals surface area contributed by atoms with Crippen molar-refractivity contribution in [3.05, 3.63) is 95.9 Å². The predicted octanol–water partition coefficient (Wildman–Crippen LogP) is 4.09. The van der Waals surface area contributed by atoms with Crippen LogP contribution < -0.4 is 16.1 Å². The quantitative estimate of drug-likeness (QED) is 0.327. The number of rotatable bonds is 8. The highest BCUT2D eigenvalue weighted by Crippen LogP contribution is 2.24. The van der Waals surface area contributed by atoms with Crippen molar-refractivity contribution in [3.8, 4) is 11.3 Å². The van der Waals surface area contributed by atoms with Gasteiger partial charge in [0.2, 0.25) is 5.95 Å². The molecule has 1 saturated heterocycles. The van der Waals surface area contributed by atoms with Crippen LogP contribution in [0.15, 0.2) is 79.3 Å². The molecule has 2 aromatic heterocycles. The Morgan fingerprint density at radius 1 is 0.974 bits per heavy atom. The second-order valence-corrected chi connectivity index (χ2v) is 9.44. The van der Waals surface area contributed by atoms with Crippen molar-refractivity contribution >= 4 is 23.2 Å². The molecule has 0 unspecified atom stereocenters. The molecule has 0 bridgehead atoms. The molecule has 38 heavy (non-hydrogen) atoms. The molecular formula is C29H32N8O. The molecule has 3 N–H and O–H groups in total. The monoisotopic (exact) mass is 508 g/mol. The highest BCUT2D eigenvalue weighted by Gasteiger charge is 2.13. The standard InChI is InChI=1S/C29H32N8O/c1-21-5-10-25(18-27(21)35-29-31-13-11-26(34-29)24-4-3-12-30-20-24)33-28(38)23-8-6-22(7-9-23)19-32-37-16-14-36(2)15-17-37/h3-13,18,20,32H,14-17,19H2,1-2H3,(H,33,38)(H,31,34,35). The van der Waals surface area contributed by atoms with E-state index in [1.807, 2.05) is 67.6 Å². The maximum atomic E-state index is 12.9. The largest absolute Gasteiger partial charge is 0.324 e. The number of aryl methyl sites for hydroxylation is 1. The van der Waals surface area contributed by atoms with Crippen LogP contribution in [0, 0.1) is 6.92 Å². The molecule has 0 aliphatic carbocycles. The Labute approximate surface area is 222 Å². The van der Waals surface area contributed by atoms with E-state index >= 15 is 0 Å². The smallest absolute Gasteiger partial charge is 0.255 e. The normalized spacial score (nSPS) is 14.3. The van der Waals surface area contributed by atoms with E-state index in [0.29, 0.717) is 17.2 Å². The molecule has 0 spiro atoms. The molecule has 2 aromatic carbocycles. The summed E-state index contributed by atoms with van der Waals surface area (Å²) in [6.07, 6.45) is 5.21. The number of anilines is 3. The number of amides is 1. The van der Waals surface area contributed by atoms with Crippen LogP contribution in [0.2, 0.25) is 0 Å². The van der Waals surface area contributed by atoms with E-state index in [4.69, 9.17) is 0 Å². The van der Waals surface area contributed by atoms with Crippen molar-refractivity contribution in [2.75, 3.05) is 43.9 Å². The minimum Gasteiger partial charge on any atom is -0.324 e. The number of hydrogen-bond donors (Lipinski definition) is 3. The summed E-state index contributed by atoms with van der Waals surface area (Å²) >= 11 is 0. The highest BCUT2D eigenvalue weighted by molar-refractivity contribution is 6.04. The zero-order chi connectivity index (χ0) is 26.3. The molecule has 3 heterocycles. The van der Waals surface area contributed by atoms with Crippen LogP contribution in [0.1, 0.15) is 21.5 Å². The molecule has 9 heteroatoms. The number of carbonyl (C=O) groups excluding carboxylic acids is 1. The number of piperazine rings is 1. The zero-order valence-electron chi connectivity index (χ0n) is 21.7. The van der Waals surface area contributed by atoms with E-state index in [0.717, 1.165) is 60.8 Å². The van der Waals surface area contributed by atoms with Crippen molar-refractivity contribution in [1.29, 1.82) is 0 Å². The SMILES string of the molecule is Cc1ccc(NC(=O)c2ccc(CNN3CCN(C)CC3)cc2)cc1Nc1nccc(-c2cccnc2)n1. The maximum absolute atomic E-state index is 12.9. The molecule has 1 fully saturated rings. The summed E-state index contributed by atoms with van der Waals surface area (Å²) in [5, 5.41) is 8.53. The van der Waals surface area contributed by atoms with Crippen molar-refractivity contribution in [2.24, 2.45) is 0 Å². The van der Waals surface area contributed by atoms with E-state index in [-0.39, 0.29) is 5.91 Å².